The molecule has 0 aromatic heterocycles. The van der Waals surface area contributed by atoms with Crippen LogP contribution < -0.4 is 10.1 Å². The van der Waals surface area contributed by atoms with Crippen molar-refractivity contribution in [3.63, 3.8) is 0 Å². The van der Waals surface area contributed by atoms with Crippen molar-refractivity contribution in [2.45, 2.75) is 30.7 Å². The molecule has 0 bridgehead atoms. The van der Waals surface area contributed by atoms with Gasteiger partial charge in [-0.3, -0.25) is 0 Å². The van der Waals surface area contributed by atoms with Gasteiger partial charge in [-0.05, 0) is 50.6 Å². The van der Waals surface area contributed by atoms with Crippen molar-refractivity contribution < 1.29 is 13.2 Å². The molecule has 1 N–H and O–H groups in total. The second-order valence-corrected chi connectivity index (χ2v) is 6.99. The lowest BCUT2D eigenvalue weighted by atomic mass is 10.2. The van der Waals surface area contributed by atoms with Crippen molar-refractivity contribution >= 4 is 10.0 Å². The van der Waals surface area contributed by atoms with Gasteiger partial charge in [0.15, 0.2) is 0 Å². The molecule has 1 aromatic rings. The molecule has 1 aliphatic rings. The molecule has 0 amide bonds. The van der Waals surface area contributed by atoms with Crippen LogP contribution in [0.5, 0.6) is 5.75 Å². The van der Waals surface area contributed by atoms with Crippen molar-refractivity contribution in [3.8, 4) is 5.75 Å². The molecule has 1 heterocycles. The van der Waals surface area contributed by atoms with E-state index in [2.05, 4.69) is 5.32 Å². The molecule has 2 rings (SSSR count). The number of benzene rings is 1. The standard InChI is InChI=1S/C14H22N2O3S/c1-11-9-13(6-7-14(11)19-3)20(17,18)16-8-4-5-12(16)10-15-2/h6-7,9,12,15H,4-5,8,10H2,1-3H3. The molecule has 0 aliphatic carbocycles. The third-order valence-electron chi connectivity index (χ3n) is 3.74. The van der Waals surface area contributed by atoms with Crippen LogP contribution in [0.3, 0.4) is 0 Å². The second-order valence-electron chi connectivity index (χ2n) is 5.10. The predicted octanol–water partition coefficient (Wildman–Crippen LogP) is 1.38. The van der Waals surface area contributed by atoms with Crippen molar-refractivity contribution in [3.05, 3.63) is 23.8 Å². The molecular weight excluding hydrogens is 276 g/mol. The van der Waals surface area contributed by atoms with E-state index in [-0.39, 0.29) is 6.04 Å². The number of rotatable bonds is 5. The summed E-state index contributed by atoms with van der Waals surface area (Å²) in [5, 5.41) is 3.07. The molecular formula is C14H22N2O3S. The predicted molar refractivity (Wildman–Crippen MR) is 78.6 cm³/mol. The number of methoxy groups -OCH3 is 1. The van der Waals surface area contributed by atoms with Crippen LogP contribution in [0.25, 0.3) is 0 Å². The molecule has 6 heteroatoms. The van der Waals surface area contributed by atoms with Gasteiger partial charge in [0, 0.05) is 19.1 Å². The van der Waals surface area contributed by atoms with Gasteiger partial charge < -0.3 is 10.1 Å². The summed E-state index contributed by atoms with van der Waals surface area (Å²) in [5.41, 5.74) is 0.831. The van der Waals surface area contributed by atoms with E-state index < -0.39 is 10.0 Å². The van der Waals surface area contributed by atoms with Crippen LogP contribution >= 0.6 is 0 Å². The first-order chi connectivity index (χ1) is 9.50. The Balaban J connectivity index is 2.32. The molecule has 1 aromatic carbocycles. The largest absolute Gasteiger partial charge is 0.496 e. The molecule has 1 unspecified atom stereocenters. The van der Waals surface area contributed by atoms with Gasteiger partial charge in [-0.25, -0.2) is 8.42 Å². The van der Waals surface area contributed by atoms with Crippen LogP contribution in [0.4, 0.5) is 0 Å². The first-order valence-electron chi connectivity index (χ1n) is 6.81. The third kappa shape index (κ3) is 2.82. The highest BCUT2D eigenvalue weighted by atomic mass is 32.2. The van der Waals surface area contributed by atoms with Crippen molar-refractivity contribution in [1.82, 2.24) is 9.62 Å². The zero-order chi connectivity index (χ0) is 14.8. The Labute approximate surface area is 121 Å². The summed E-state index contributed by atoms with van der Waals surface area (Å²) in [4.78, 5) is 0.346. The van der Waals surface area contributed by atoms with Gasteiger partial charge in [-0.2, -0.15) is 4.31 Å². The Morgan fingerprint density at radius 1 is 1.45 bits per heavy atom. The Morgan fingerprint density at radius 3 is 2.80 bits per heavy atom. The number of ether oxygens (including phenoxy) is 1. The topological polar surface area (TPSA) is 58.6 Å². The van der Waals surface area contributed by atoms with Crippen LogP contribution in [0.1, 0.15) is 18.4 Å². The molecule has 0 saturated carbocycles. The normalized spacial score (nSPS) is 20.2. The SMILES string of the molecule is CNCC1CCCN1S(=O)(=O)c1ccc(OC)c(C)c1. The number of nitrogens with one attached hydrogen (secondary N) is 1. The van der Waals surface area contributed by atoms with Gasteiger partial charge in [0.05, 0.1) is 12.0 Å². The summed E-state index contributed by atoms with van der Waals surface area (Å²) in [7, 11) is 0.0114. The summed E-state index contributed by atoms with van der Waals surface area (Å²) < 4.78 is 32.3. The zero-order valence-electron chi connectivity index (χ0n) is 12.2. The average Bonchev–Trinajstić information content (AvgIpc) is 2.88. The number of nitrogens with zero attached hydrogens (tertiary/aromatic N) is 1. The van der Waals surface area contributed by atoms with Crippen LogP contribution in [0, 0.1) is 6.92 Å². The van der Waals surface area contributed by atoms with Gasteiger partial charge >= 0.3 is 0 Å². The first kappa shape index (κ1) is 15.3. The fraction of sp³-hybridized carbons (Fsp3) is 0.571. The Hall–Kier alpha value is -1.11. The summed E-state index contributed by atoms with van der Waals surface area (Å²) in [6, 6.07) is 5.07. The van der Waals surface area contributed by atoms with Gasteiger partial charge in [-0.1, -0.05) is 0 Å². The monoisotopic (exact) mass is 298 g/mol. The van der Waals surface area contributed by atoms with Crippen LogP contribution in [-0.2, 0) is 10.0 Å². The summed E-state index contributed by atoms with van der Waals surface area (Å²) in [5.74, 6) is 0.706. The van der Waals surface area contributed by atoms with E-state index in [4.69, 9.17) is 4.74 Å². The van der Waals surface area contributed by atoms with Gasteiger partial charge in [0.2, 0.25) is 10.0 Å². The minimum absolute atomic E-state index is 0.0485. The quantitative estimate of drug-likeness (QED) is 0.892. The second kappa shape index (κ2) is 6.11. The van der Waals surface area contributed by atoms with Gasteiger partial charge in [0.1, 0.15) is 5.75 Å². The molecule has 1 aliphatic heterocycles. The van der Waals surface area contributed by atoms with E-state index in [0.717, 1.165) is 18.4 Å². The molecule has 1 atom stereocenters. The van der Waals surface area contributed by atoms with Gasteiger partial charge in [0.25, 0.3) is 0 Å². The first-order valence-corrected chi connectivity index (χ1v) is 8.25. The summed E-state index contributed by atoms with van der Waals surface area (Å²) >= 11 is 0. The van der Waals surface area contributed by atoms with E-state index in [1.54, 1.807) is 29.6 Å². The highest BCUT2D eigenvalue weighted by molar-refractivity contribution is 7.89. The van der Waals surface area contributed by atoms with E-state index in [1.807, 2.05) is 14.0 Å². The molecule has 20 heavy (non-hydrogen) atoms. The minimum Gasteiger partial charge on any atom is -0.496 e. The third-order valence-corrected chi connectivity index (χ3v) is 5.68. The Morgan fingerprint density at radius 2 is 2.20 bits per heavy atom. The van der Waals surface area contributed by atoms with E-state index in [9.17, 15) is 8.42 Å². The maximum Gasteiger partial charge on any atom is 0.243 e. The van der Waals surface area contributed by atoms with E-state index in [0.29, 0.717) is 23.7 Å². The minimum atomic E-state index is -3.42. The molecule has 1 saturated heterocycles. The lowest BCUT2D eigenvalue weighted by Crippen LogP contribution is -2.40. The van der Waals surface area contributed by atoms with Crippen molar-refractivity contribution in [1.29, 1.82) is 0 Å². The molecule has 5 nitrogen and oxygen atoms in total. The zero-order valence-corrected chi connectivity index (χ0v) is 13.0. The Bertz CT molecular complexity index is 572. The molecule has 1 fully saturated rings. The van der Waals surface area contributed by atoms with E-state index >= 15 is 0 Å². The highest BCUT2D eigenvalue weighted by Gasteiger charge is 2.34. The maximum atomic E-state index is 12.7. The van der Waals surface area contributed by atoms with Gasteiger partial charge in [-0.15, -0.1) is 0 Å². The average molecular weight is 298 g/mol. The van der Waals surface area contributed by atoms with Crippen molar-refractivity contribution in [2.24, 2.45) is 0 Å². The van der Waals surface area contributed by atoms with Crippen LogP contribution in [0.2, 0.25) is 0 Å². The molecule has 0 radical (unpaired) electrons. The van der Waals surface area contributed by atoms with Crippen molar-refractivity contribution in [2.75, 3.05) is 27.2 Å². The molecule has 112 valence electrons. The summed E-state index contributed by atoms with van der Waals surface area (Å²) in [6.07, 6.45) is 1.83. The maximum absolute atomic E-state index is 12.7. The number of hydrogen-bond acceptors (Lipinski definition) is 4. The van der Waals surface area contributed by atoms with E-state index in [1.165, 1.54) is 0 Å². The Kier molecular flexibility index (Phi) is 4.67. The summed E-state index contributed by atoms with van der Waals surface area (Å²) in [6.45, 7) is 3.14. The fourth-order valence-corrected chi connectivity index (χ4v) is 4.49. The lowest BCUT2D eigenvalue weighted by molar-refractivity contribution is 0.379. The number of aryl methyl sites for hydroxylation is 1. The number of hydrogen-bond donors (Lipinski definition) is 1. The number of sulfonamides is 1. The van der Waals surface area contributed by atoms with Crippen LogP contribution in [0.15, 0.2) is 23.1 Å². The van der Waals surface area contributed by atoms with Crippen LogP contribution in [-0.4, -0.2) is 46.0 Å². The lowest BCUT2D eigenvalue weighted by Gasteiger charge is -2.24. The number of likely N-dealkylation sites (N-methyl/N-ethyl adjacent to an activating group) is 1. The fourth-order valence-electron chi connectivity index (χ4n) is 2.71. The smallest absolute Gasteiger partial charge is 0.243 e. The molecule has 0 spiro atoms. The highest BCUT2D eigenvalue weighted by Crippen LogP contribution is 2.28.